The predicted molar refractivity (Wildman–Crippen MR) is 101 cm³/mol. The maximum Gasteiger partial charge on any atom is 0.253 e. The van der Waals surface area contributed by atoms with Gasteiger partial charge in [0.15, 0.2) is 11.6 Å². The average Bonchev–Trinajstić information content (AvgIpc) is 2.60. The topological polar surface area (TPSA) is 75.7 Å². The summed E-state index contributed by atoms with van der Waals surface area (Å²) in [6, 6.07) is 6.13. The van der Waals surface area contributed by atoms with E-state index in [0.717, 1.165) is 16.4 Å². The van der Waals surface area contributed by atoms with E-state index in [1.807, 2.05) is 0 Å². The summed E-state index contributed by atoms with van der Waals surface area (Å²) in [5.41, 5.74) is -0.0237. The van der Waals surface area contributed by atoms with Crippen molar-refractivity contribution >= 4 is 27.5 Å². The minimum atomic E-state index is -3.73. The Hall–Kier alpha value is -2.23. The van der Waals surface area contributed by atoms with Gasteiger partial charge in [0.25, 0.3) is 5.91 Å². The summed E-state index contributed by atoms with van der Waals surface area (Å²) in [5.74, 6) is -2.35. The Morgan fingerprint density at radius 3 is 2.50 bits per heavy atom. The van der Waals surface area contributed by atoms with E-state index in [9.17, 15) is 22.0 Å². The van der Waals surface area contributed by atoms with Crippen molar-refractivity contribution < 1.29 is 26.7 Å². The fourth-order valence-electron chi connectivity index (χ4n) is 2.20. The largest absolute Gasteiger partial charge is 0.488 e. The van der Waals surface area contributed by atoms with E-state index in [2.05, 4.69) is 5.32 Å². The smallest absolute Gasteiger partial charge is 0.253 e. The molecule has 2 aromatic rings. The second-order valence-corrected chi connectivity index (χ2v) is 8.75. The minimum Gasteiger partial charge on any atom is -0.488 e. The van der Waals surface area contributed by atoms with Gasteiger partial charge in [-0.15, -0.1) is 0 Å². The van der Waals surface area contributed by atoms with E-state index in [4.69, 9.17) is 16.3 Å². The molecule has 0 saturated heterocycles. The van der Waals surface area contributed by atoms with E-state index in [1.165, 1.54) is 32.3 Å². The number of nitrogens with one attached hydrogen (secondary N) is 1. The standard InChI is InChI=1S/C18H19ClF2N2O4S/c1-11(10-27-17-7-4-12(20)8-16(17)21)22-18(24)14-9-13(5-6-15(14)19)28(25,26)23(2)3/h4-9,11H,10H2,1-3H3,(H,22,24). The van der Waals surface area contributed by atoms with Gasteiger partial charge in [-0.3, -0.25) is 4.79 Å². The molecule has 2 rings (SSSR count). The summed E-state index contributed by atoms with van der Waals surface area (Å²) in [7, 11) is -0.990. The number of ether oxygens (including phenoxy) is 1. The molecule has 1 unspecified atom stereocenters. The highest BCUT2D eigenvalue weighted by molar-refractivity contribution is 7.89. The third-order valence-corrected chi connectivity index (χ3v) is 5.86. The van der Waals surface area contributed by atoms with Crippen LogP contribution < -0.4 is 10.1 Å². The maximum atomic E-state index is 13.6. The van der Waals surface area contributed by atoms with Crippen molar-refractivity contribution in [3.63, 3.8) is 0 Å². The zero-order chi connectivity index (χ0) is 21.1. The Labute approximate surface area is 167 Å². The summed E-state index contributed by atoms with van der Waals surface area (Å²) in [6.07, 6.45) is 0. The second-order valence-electron chi connectivity index (χ2n) is 6.19. The first-order valence-electron chi connectivity index (χ1n) is 8.13. The van der Waals surface area contributed by atoms with Gasteiger partial charge in [-0.1, -0.05) is 11.6 Å². The van der Waals surface area contributed by atoms with Crippen LogP contribution in [-0.2, 0) is 10.0 Å². The van der Waals surface area contributed by atoms with E-state index < -0.39 is 33.6 Å². The van der Waals surface area contributed by atoms with Crippen LogP contribution in [0.25, 0.3) is 0 Å². The first-order valence-corrected chi connectivity index (χ1v) is 9.95. The SMILES string of the molecule is CC(COc1ccc(F)cc1F)NC(=O)c1cc(S(=O)(=O)N(C)C)ccc1Cl. The molecule has 1 amide bonds. The van der Waals surface area contributed by atoms with Gasteiger partial charge in [-0.2, -0.15) is 0 Å². The summed E-state index contributed by atoms with van der Waals surface area (Å²) in [4.78, 5) is 12.4. The Balaban J connectivity index is 2.09. The maximum absolute atomic E-state index is 13.6. The molecule has 2 aromatic carbocycles. The summed E-state index contributed by atoms with van der Waals surface area (Å²) >= 11 is 6.03. The van der Waals surface area contributed by atoms with Gasteiger partial charge in [0.05, 0.1) is 21.5 Å². The number of hydrogen-bond acceptors (Lipinski definition) is 4. The molecule has 0 spiro atoms. The molecule has 0 aliphatic carbocycles. The first kappa shape index (κ1) is 22.1. The lowest BCUT2D eigenvalue weighted by atomic mass is 10.2. The lowest BCUT2D eigenvalue weighted by molar-refractivity contribution is 0.0926. The molecule has 0 heterocycles. The van der Waals surface area contributed by atoms with Crippen LogP contribution in [0.15, 0.2) is 41.3 Å². The highest BCUT2D eigenvalue weighted by Crippen LogP contribution is 2.22. The van der Waals surface area contributed by atoms with E-state index in [0.29, 0.717) is 6.07 Å². The molecule has 0 bridgehead atoms. The van der Waals surface area contributed by atoms with Crippen LogP contribution in [0.4, 0.5) is 8.78 Å². The molecule has 10 heteroatoms. The van der Waals surface area contributed by atoms with Crippen molar-refractivity contribution in [2.45, 2.75) is 17.9 Å². The van der Waals surface area contributed by atoms with Crippen LogP contribution in [0.1, 0.15) is 17.3 Å². The highest BCUT2D eigenvalue weighted by Gasteiger charge is 2.21. The van der Waals surface area contributed by atoms with Crippen LogP contribution in [0, 0.1) is 11.6 Å². The van der Waals surface area contributed by atoms with Gasteiger partial charge < -0.3 is 10.1 Å². The molecule has 28 heavy (non-hydrogen) atoms. The fraction of sp³-hybridized carbons (Fsp3) is 0.278. The average molecular weight is 433 g/mol. The quantitative estimate of drug-likeness (QED) is 0.729. The molecule has 0 saturated carbocycles. The van der Waals surface area contributed by atoms with Gasteiger partial charge in [0, 0.05) is 20.2 Å². The number of carbonyl (C=O) groups is 1. The van der Waals surface area contributed by atoms with Crippen molar-refractivity contribution in [3.8, 4) is 5.75 Å². The van der Waals surface area contributed by atoms with Crippen molar-refractivity contribution in [2.24, 2.45) is 0 Å². The molecule has 1 atom stereocenters. The second kappa shape index (κ2) is 8.85. The van der Waals surface area contributed by atoms with E-state index >= 15 is 0 Å². The number of benzene rings is 2. The van der Waals surface area contributed by atoms with E-state index in [1.54, 1.807) is 6.92 Å². The Kier molecular flexibility index (Phi) is 6.97. The molecule has 1 N–H and O–H groups in total. The molecular formula is C18H19ClF2N2O4S. The monoisotopic (exact) mass is 432 g/mol. The van der Waals surface area contributed by atoms with Crippen molar-refractivity contribution in [1.82, 2.24) is 9.62 Å². The number of rotatable bonds is 7. The van der Waals surface area contributed by atoms with Gasteiger partial charge in [-0.05, 0) is 37.3 Å². The summed E-state index contributed by atoms with van der Waals surface area (Å²) in [6.45, 7) is 1.51. The summed E-state index contributed by atoms with van der Waals surface area (Å²) < 4.78 is 57.2. The summed E-state index contributed by atoms with van der Waals surface area (Å²) in [5, 5.41) is 2.67. The molecular weight excluding hydrogens is 414 g/mol. The minimum absolute atomic E-state index is 0.0237. The third kappa shape index (κ3) is 5.18. The van der Waals surface area contributed by atoms with Gasteiger partial charge >= 0.3 is 0 Å². The Bertz CT molecular complexity index is 984. The van der Waals surface area contributed by atoms with Crippen LogP contribution in [-0.4, -0.2) is 45.4 Å². The molecule has 0 aromatic heterocycles. The van der Waals surface area contributed by atoms with Crippen molar-refractivity contribution in [1.29, 1.82) is 0 Å². The number of halogens is 3. The molecule has 0 aliphatic rings. The zero-order valence-corrected chi connectivity index (χ0v) is 16.9. The van der Waals surface area contributed by atoms with Gasteiger partial charge in [0.2, 0.25) is 10.0 Å². The number of sulfonamides is 1. The lowest BCUT2D eigenvalue weighted by Gasteiger charge is -2.17. The Morgan fingerprint density at radius 2 is 1.89 bits per heavy atom. The van der Waals surface area contributed by atoms with Gasteiger partial charge in [-0.25, -0.2) is 21.5 Å². The molecule has 0 radical (unpaired) electrons. The number of hydrogen-bond donors (Lipinski definition) is 1. The fourth-order valence-corrected chi connectivity index (χ4v) is 3.33. The van der Waals surface area contributed by atoms with Crippen LogP contribution in [0.5, 0.6) is 5.75 Å². The van der Waals surface area contributed by atoms with Crippen LogP contribution in [0.3, 0.4) is 0 Å². The highest BCUT2D eigenvalue weighted by atomic mass is 35.5. The molecule has 6 nitrogen and oxygen atoms in total. The number of amides is 1. The molecule has 152 valence electrons. The molecule has 0 fully saturated rings. The van der Waals surface area contributed by atoms with Crippen molar-refractivity contribution in [3.05, 3.63) is 58.6 Å². The number of carbonyl (C=O) groups excluding carboxylic acids is 1. The zero-order valence-electron chi connectivity index (χ0n) is 15.4. The van der Waals surface area contributed by atoms with Crippen LogP contribution >= 0.6 is 11.6 Å². The molecule has 0 aliphatic heterocycles. The number of nitrogens with zero attached hydrogens (tertiary/aromatic N) is 1. The predicted octanol–water partition coefficient (Wildman–Crippen LogP) is 3.07. The van der Waals surface area contributed by atoms with Gasteiger partial charge in [0.1, 0.15) is 12.4 Å². The third-order valence-electron chi connectivity index (χ3n) is 3.72. The van der Waals surface area contributed by atoms with E-state index in [-0.39, 0.29) is 27.8 Å². The Morgan fingerprint density at radius 1 is 1.21 bits per heavy atom. The van der Waals surface area contributed by atoms with Crippen molar-refractivity contribution in [2.75, 3.05) is 20.7 Å². The van der Waals surface area contributed by atoms with Crippen LogP contribution in [0.2, 0.25) is 5.02 Å². The lowest BCUT2D eigenvalue weighted by Crippen LogP contribution is -2.37. The normalized spacial score (nSPS) is 12.7. The first-order chi connectivity index (χ1) is 13.0.